The van der Waals surface area contributed by atoms with Crippen LogP contribution in [0.1, 0.15) is 38.8 Å². The average Bonchev–Trinajstić information content (AvgIpc) is 2.28. The lowest BCUT2D eigenvalue weighted by atomic mass is 9.87. The summed E-state index contributed by atoms with van der Waals surface area (Å²) in [6.45, 7) is 10.6. The van der Waals surface area contributed by atoms with Crippen LogP contribution in [0.25, 0.3) is 0 Å². The van der Waals surface area contributed by atoms with Gasteiger partial charge in [-0.05, 0) is 23.5 Å². The van der Waals surface area contributed by atoms with Crippen molar-refractivity contribution in [1.82, 2.24) is 5.32 Å². The zero-order valence-electron chi connectivity index (χ0n) is 11.7. The van der Waals surface area contributed by atoms with E-state index in [2.05, 4.69) is 57.3 Å². The van der Waals surface area contributed by atoms with Gasteiger partial charge < -0.3 is 10.1 Å². The highest BCUT2D eigenvalue weighted by Gasteiger charge is 2.12. The van der Waals surface area contributed by atoms with Crippen LogP contribution in [0.5, 0.6) is 0 Å². The van der Waals surface area contributed by atoms with Gasteiger partial charge in [0.05, 0.1) is 6.10 Å². The van der Waals surface area contributed by atoms with Crippen molar-refractivity contribution in [3.05, 3.63) is 35.4 Å². The van der Waals surface area contributed by atoms with E-state index in [1.165, 1.54) is 11.1 Å². The number of hydrogen-bond donors (Lipinski definition) is 1. The highest BCUT2D eigenvalue weighted by molar-refractivity contribution is 5.27. The predicted octanol–water partition coefficient (Wildman–Crippen LogP) is 3.11. The number of hydrogen-bond acceptors (Lipinski definition) is 2. The molecule has 0 aliphatic heterocycles. The smallest absolute Gasteiger partial charge is 0.0667 e. The molecule has 2 heteroatoms. The van der Waals surface area contributed by atoms with E-state index in [-0.39, 0.29) is 11.5 Å². The molecule has 0 spiro atoms. The Morgan fingerprint density at radius 2 is 1.76 bits per heavy atom. The monoisotopic (exact) mass is 235 g/mol. The minimum absolute atomic E-state index is 0.233. The highest BCUT2D eigenvalue weighted by atomic mass is 16.5. The molecular weight excluding hydrogens is 210 g/mol. The number of nitrogens with one attached hydrogen (secondary N) is 1. The molecule has 1 atom stereocenters. The van der Waals surface area contributed by atoms with Gasteiger partial charge in [0.1, 0.15) is 0 Å². The molecule has 0 heterocycles. The topological polar surface area (TPSA) is 21.3 Å². The Morgan fingerprint density at radius 3 is 2.24 bits per heavy atom. The van der Waals surface area contributed by atoms with E-state index < -0.39 is 0 Å². The molecular formula is C15H25NO. The molecule has 0 bridgehead atoms. The van der Waals surface area contributed by atoms with Gasteiger partial charge in [-0.2, -0.15) is 0 Å². The summed E-state index contributed by atoms with van der Waals surface area (Å²) in [6.07, 6.45) is 0.267. The zero-order chi connectivity index (χ0) is 12.9. The maximum Gasteiger partial charge on any atom is 0.0667 e. The van der Waals surface area contributed by atoms with E-state index in [1.54, 1.807) is 7.11 Å². The molecule has 0 radical (unpaired) electrons. The SMILES string of the molecule is COC(C)CNCc1ccc(C(C)(C)C)cc1. The van der Waals surface area contributed by atoms with Gasteiger partial charge in [0.25, 0.3) is 0 Å². The van der Waals surface area contributed by atoms with Crippen LogP contribution in [0.3, 0.4) is 0 Å². The maximum atomic E-state index is 5.19. The summed E-state index contributed by atoms with van der Waals surface area (Å²) in [5.74, 6) is 0. The third kappa shape index (κ3) is 4.88. The zero-order valence-corrected chi connectivity index (χ0v) is 11.7. The quantitative estimate of drug-likeness (QED) is 0.846. The Labute approximate surface area is 105 Å². The normalized spacial score (nSPS) is 13.7. The molecule has 0 saturated heterocycles. The van der Waals surface area contributed by atoms with E-state index in [0.29, 0.717) is 0 Å². The molecule has 0 aliphatic rings. The van der Waals surface area contributed by atoms with E-state index in [4.69, 9.17) is 4.74 Å². The molecule has 2 nitrogen and oxygen atoms in total. The van der Waals surface area contributed by atoms with E-state index in [9.17, 15) is 0 Å². The lowest BCUT2D eigenvalue weighted by Gasteiger charge is -2.19. The number of rotatable bonds is 5. The molecule has 1 rings (SSSR count). The fourth-order valence-electron chi connectivity index (χ4n) is 1.63. The molecule has 96 valence electrons. The fourth-order valence-corrected chi connectivity index (χ4v) is 1.63. The first-order valence-electron chi connectivity index (χ1n) is 6.26. The van der Waals surface area contributed by atoms with Gasteiger partial charge in [-0.25, -0.2) is 0 Å². The summed E-state index contributed by atoms with van der Waals surface area (Å²) in [6, 6.07) is 8.84. The van der Waals surface area contributed by atoms with Crippen molar-refractivity contribution in [3.63, 3.8) is 0 Å². The van der Waals surface area contributed by atoms with E-state index in [1.807, 2.05) is 0 Å². The maximum absolute atomic E-state index is 5.19. The summed E-state index contributed by atoms with van der Waals surface area (Å²) < 4.78 is 5.19. The molecule has 1 aromatic rings. The average molecular weight is 235 g/mol. The van der Waals surface area contributed by atoms with Gasteiger partial charge in [-0.1, -0.05) is 45.0 Å². The lowest BCUT2D eigenvalue weighted by Crippen LogP contribution is -2.25. The van der Waals surface area contributed by atoms with Crippen LogP contribution in [-0.4, -0.2) is 19.8 Å². The predicted molar refractivity (Wildman–Crippen MR) is 73.3 cm³/mol. The molecule has 0 aliphatic carbocycles. The summed E-state index contributed by atoms with van der Waals surface area (Å²) in [5, 5.41) is 3.39. The van der Waals surface area contributed by atoms with E-state index >= 15 is 0 Å². The molecule has 1 unspecified atom stereocenters. The van der Waals surface area contributed by atoms with Crippen molar-refractivity contribution >= 4 is 0 Å². The summed E-state index contributed by atoms with van der Waals surface area (Å²) >= 11 is 0. The van der Waals surface area contributed by atoms with Crippen LogP contribution >= 0.6 is 0 Å². The van der Waals surface area contributed by atoms with Crippen molar-refractivity contribution in [1.29, 1.82) is 0 Å². The molecule has 0 aromatic heterocycles. The molecule has 17 heavy (non-hydrogen) atoms. The highest BCUT2D eigenvalue weighted by Crippen LogP contribution is 2.22. The van der Waals surface area contributed by atoms with Gasteiger partial charge >= 0.3 is 0 Å². The van der Waals surface area contributed by atoms with E-state index in [0.717, 1.165) is 13.1 Å². The summed E-state index contributed by atoms with van der Waals surface area (Å²) in [4.78, 5) is 0. The van der Waals surface area contributed by atoms with Crippen LogP contribution in [0, 0.1) is 0 Å². The molecule has 0 amide bonds. The summed E-state index contributed by atoms with van der Waals surface area (Å²) in [5.41, 5.74) is 2.93. The second-order valence-electron chi connectivity index (χ2n) is 5.62. The number of benzene rings is 1. The van der Waals surface area contributed by atoms with Crippen LogP contribution in [0.15, 0.2) is 24.3 Å². The Bertz CT molecular complexity index is 324. The molecule has 0 saturated carbocycles. The second-order valence-corrected chi connectivity index (χ2v) is 5.62. The van der Waals surface area contributed by atoms with Crippen molar-refractivity contribution in [2.24, 2.45) is 0 Å². The van der Waals surface area contributed by atoms with Gasteiger partial charge in [-0.15, -0.1) is 0 Å². The van der Waals surface area contributed by atoms with Crippen LogP contribution in [-0.2, 0) is 16.7 Å². The molecule has 1 N–H and O–H groups in total. The Hall–Kier alpha value is -0.860. The first-order valence-corrected chi connectivity index (χ1v) is 6.26. The lowest BCUT2D eigenvalue weighted by molar-refractivity contribution is 0.117. The Balaban J connectivity index is 2.46. The van der Waals surface area contributed by atoms with Gasteiger partial charge in [0, 0.05) is 20.2 Å². The van der Waals surface area contributed by atoms with Gasteiger partial charge in [0.15, 0.2) is 0 Å². The minimum Gasteiger partial charge on any atom is -0.380 e. The third-order valence-electron chi connectivity index (χ3n) is 2.98. The van der Waals surface area contributed by atoms with Gasteiger partial charge in [-0.3, -0.25) is 0 Å². The molecule has 0 fully saturated rings. The number of ether oxygens (including phenoxy) is 1. The second kappa shape index (κ2) is 6.18. The Kier molecular flexibility index (Phi) is 5.16. The minimum atomic E-state index is 0.233. The third-order valence-corrected chi connectivity index (χ3v) is 2.98. The van der Waals surface area contributed by atoms with Crippen molar-refractivity contribution in [3.8, 4) is 0 Å². The standard InChI is InChI=1S/C15H25NO/c1-12(17-5)10-16-11-13-6-8-14(9-7-13)15(2,3)4/h6-9,12,16H,10-11H2,1-5H3. The van der Waals surface area contributed by atoms with Crippen LogP contribution < -0.4 is 5.32 Å². The van der Waals surface area contributed by atoms with Gasteiger partial charge in [0.2, 0.25) is 0 Å². The van der Waals surface area contributed by atoms with Crippen molar-refractivity contribution < 1.29 is 4.74 Å². The first-order chi connectivity index (χ1) is 7.93. The van der Waals surface area contributed by atoms with Crippen LogP contribution in [0.4, 0.5) is 0 Å². The molecule has 1 aromatic carbocycles. The van der Waals surface area contributed by atoms with Crippen molar-refractivity contribution in [2.45, 2.75) is 45.8 Å². The fraction of sp³-hybridized carbons (Fsp3) is 0.600. The summed E-state index contributed by atoms with van der Waals surface area (Å²) in [7, 11) is 1.74. The van der Waals surface area contributed by atoms with Crippen molar-refractivity contribution in [2.75, 3.05) is 13.7 Å². The largest absolute Gasteiger partial charge is 0.380 e. The first kappa shape index (κ1) is 14.2. The van der Waals surface area contributed by atoms with Crippen LogP contribution in [0.2, 0.25) is 0 Å². The number of methoxy groups -OCH3 is 1. The Morgan fingerprint density at radius 1 is 1.18 bits per heavy atom.